The zero-order chi connectivity index (χ0) is 33.5. The van der Waals surface area contributed by atoms with Gasteiger partial charge in [0.25, 0.3) is 11.8 Å². The van der Waals surface area contributed by atoms with Gasteiger partial charge in [-0.2, -0.15) is 9.36 Å². The molecule has 242 valence electrons. The van der Waals surface area contributed by atoms with E-state index in [0.717, 1.165) is 28.2 Å². The minimum Gasteiger partial charge on any atom is -0.448 e. The molecule has 6 rings (SSSR count). The van der Waals surface area contributed by atoms with E-state index in [1.807, 2.05) is 72.8 Å². The summed E-state index contributed by atoms with van der Waals surface area (Å²) in [6.07, 6.45) is 7.70. The molecule has 0 spiro atoms. The van der Waals surface area contributed by atoms with E-state index in [4.69, 9.17) is 15.3 Å². The number of aromatic nitrogens is 3. The van der Waals surface area contributed by atoms with Gasteiger partial charge in [-0.15, -0.1) is 11.8 Å². The van der Waals surface area contributed by atoms with Crippen molar-refractivity contribution in [2.45, 2.75) is 17.5 Å². The number of rotatable bonds is 12. The first-order valence-electron chi connectivity index (χ1n) is 14.7. The van der Waals surface area contributed by atoms with Gasteiger partial charge in [0.1, 0.15) is 23.7 Å². The van der Waals surface area contributed by atoms with Crippen LogP contribution < -0.4 is 11.1 Å². The monoisotopic (exact) mass is 679 g/mol. The number of ether oxygens (including phenoxy) is 1. The van der Waals surface area contributed by atoms with Crippen LogP contribution in [-0.4, -0.2) is 66.5 Å². The lowest BCUT2D eigenvalue weighted by Gasteiger charge is -2.49. The molecule has 2 aromatic carbocycles. The van der Waals surface area contributed by atoms with Gasteiger partial charge >= 0.3 is 5.97 Å². The lowest BCUT2D eigenvalue weighted by Crippen LogP contribution is -2.71. The van der Waals surface area contributed by atoms with Crippen LogP contribution in [0.2, 0.25) is 0 Å². The number of carbonyl (C=O) groups is 3. The number of nitrogen functional groups attached to an aromatic ring is 1. The first kappa shape index (κ1) is 32.3. The second-order valence-electron chi connectivity index (χ2n) is 10.4. The van der Waals surface area contributed by atoms with Crippen LogP contribution >= 0.6 is 23.3 Å². The first-order valence-corrected chi connectivity index (χ1v) is 16.5. The Morgan fingerprint density at radius 1 is 1.08 bits per heavy atom. The topological polar surface area (TPSA) is 162 Å². The highest BCUT2D eigenvalue weighted by Crippen LogP contribution is 2.42. The standard InChI is InChI=1S/C34H29N7O5S2/c1-2-18-45-39-25(29-38-34(35)48-40-29)30(42)37-26-31(43)41-27(24(20-47-32(26)41)16-15-21-10-9-17-36-19-21)33(44)46-28(22-11-5-3-6-12-22)23-13-7-4-8-14-23/h2-17,19,26,28,32H,1,18,20H2,(H,37,42)(H2,35,38,40)/t26?,32-/m1/s1. The van der Waals surface area contributed by atoms with Crippen molar-refractivity contribution in [2.75, 3.05) is 18.1 Å². The Bertz CT molecular complexity index is 1860. The third-order valence-electron chi connectivity index (χ3n) is 7.29. The largest absolute Gasteiger partial charge is 0.448 e. The summed E-state index contributed by atoms with van der Waals surface area (Å²) in [5.74, 6) is -1.59. The number of carbonyl (C=O) groups excluding carboxylic acids is 3. The first-order chi connectivity index (χ1) is 23.4. The summed E-state index contributed by atoms with van der Waals surface area (Å²) in [5, 5.41) is 6.12. The molecule has 4 heterocycles. The van der Waals surface area contributed by atoms with E-state index >= 15 is 0 Å². The molecule has 2 aliphatic heterocycles. The summed E-state index contributed by atoms with van der Waals surface area (Å²) in [6, 6.07) is 21.5. The average molecular weight is 680 g/mol. The van der Waals surface area contributed by atoms with E-state index < -0.39 is 35.3 Å². The molecular weight excluding hydrogens is 651 g/mol. The normalized spacial score (nSPS) is 17.6. The zero-order valence-electron chi connectivity index (χ0n) is 25.3. The number of esters is 1. The second kappa shape index (κ2) is 14.9. The van der Waals surface area contributed by atoms with Crippen LogP contribution in [0.3, 0.4) is 0 Å². The summed E-state index contributed by atoms with van der Waals surface area (Å²) in [5.41, 5.74) is 8.53. The number of nitrogens with zero attached hydrogens (tertiary/aromatic N) is 5. The average Bonchev–Trinajstić information content (AvgIpc) is 3.56. The number of β-lactam (4-membered cyclic amide) rings is 1. The zero-order valence-corrected chi connectivity index (χ0v) is 27.0. The van der Waals surface area contributed by atoms with Crippen molar-refractivity contribution in [3.8, 4) is 0 Å². The van der Waals surface area contributed by atoms with Gasteiger partial charge in [-0.05, 0) is 28.3 Å². The fraction of sp³-hybridized carbons (Fsp3) is 0.147. The number of benzene rings is 2. The summed E-state index contributed by atoms with van der Waals surface area (Å²) in [6.45, 7) is 3.60. The van der Waals surface area contributed by atoms with Gasteiger partial charge in [0, 0.05) is 29.7 Å². The maximum atomic E-state index is 14.2. The summed E-state index contributed by atoms with van der Waals surface area (Å²) >= 11 is 2.29. The van der Waals surface area contributed by atoms with Gasteiger partial charge in [-0.25, -0.2) is 4.79 Å². The highest BCUT2D eigenvalue weighted by Gasteiger charge is 2.54. The fourth-order valence-corrected chi connectivity index (χ4v) is 6.81. The van der Waals surface area contributed by atoms with Crippen LogP contribution in [0.15, 0.2) is 120 Å². The van der Waals surface area contributed by atoms with Crippen molar-refractivity contribution >= 4 is 58.0 Å². The molecule has 2 aromatic heterocycles. The quantitative estimate of drug-likeness (QED) is 0.0556. The third-order valence-corrected chi connectivity index (χ3v) is 9.13. The van der Waals surface area contributed by atoms with E-state index in [0.29, 0.717) is 11.3 Å². The van der Waals surface area contributed by atoms with Gasteiger partial charge in [0.15, 0.2) is 11.2 Å². The van der Waals surface area contributed by atoms with E-state index in [1.165, 1.54) is 22.7 Å². The Balaban J connectivity index is 1.30. The number of oxime groups is 1. The number of hydrogen-bond donors (Lipinski definition) is 2. The van der Waals surface area contributed by atoms with Gasteiger partial charge in [-0.3, -0.25) is 19.5 Å². The van der Waals surface area contributed by atoms with Gasteiger partial charge in [-0.1, -0.05) is 96.7 Å². The summed E-state index contributed by atoms with van der Waals surface area (Å²) in [7, 11) is 0. The van der Waals surface area contributed by atoms with Crippen molar-refractivity contribution in [2.24, 2.45) is 5.16 Å². The molecule has 14 heteroatoms. The second-order valence-corrected chi connectivity index (χ2v) is 12.3. The number of nitrogens with one attached hydrogen (secondary N) is 1. The fourth-order valence-electron chi connectivity index (χ4n) is 5.06. The van der Waals surface area contributed by atoms with E-state index in [1.54, 1.807) is 24.5 Å². The molecule has 4 aromatic rings. The van der Waals surface area contributed by atoms with Crippen LogP contribution in [0.1, 0.15) is 28.6 Å². The van der Waals surface area contributed by atoms with Crippen molar-refractivity contribution < 1.29 is 24.0 Å². The molecule has 3 N–H and O–H groups in total. The van der Waals surface area contributed by atoms with Crippen LogP contribution in [0.4, 0.5) is 5.13 Å². The van der Waals surface area contributed by atoms with Crippen LogP contribution in [0.5, 0.6) is 0 Å². The van der Waals surface area contributed by atoms with Crippen molar-refractivity contribution in [1.29, 1.82) is 0 Å². The SMILES string of the molecule is C=CCON=C(C(=O)NC1C(=O)N2C(C(=O)OC(c3ccccc3)c3ccccc3)=C(C=Cc3cccnc3)CS[C@H]12)c1nsc(N)n1. The van der Waals surface area contributed by atoms with Crippen molar-refractivity contribution in [1.82, 2.24) is 24.6 Å². The Kier molecular flexibility index (Phi) is 10.0. The molecular formula is C34H29N7O5S2. The number of nitrogens with two attached hydrogens (primary N) is 1. The number of amides is 2. The highest BCUT2D eigenvalue weighted by atomic mass is 32.2. The van der Waals surface area contributed by atoms with Gasteiger partial charge < -0.3 is 20.6 Å². The van der Waals surface area contributed by atoms with E-state index in [2.05, 4.69) is 31.4 Å². The lowest BCUT2D eigenvalue weighted by atomic mass is 10.00. The molecule has 1 fully saturated rings. The minimum atomic E-state index is -0.978. The Hall–Kier alpha value is -5.60. The van der Waals surface area contributed by atoms with Crippen LogP contribution in [-0.2, 0) is 24.0 Å². The number of thioether (sulfide) groups is 1. The van der Waals surface area contributed by atoms with Gasteiger partial charge in [0.05, 0.1) is 0 Å². The molecule has 1 saturated heterocycles. The maximum absolute atomic E-state index is 14.2. The van der Waals surface area contributed by atoms with E-state index in [9.17, 15) is 14.4 Å². The maximum Gasteiger partial charge on any atom is 0.356 e. The molecule has 2 aliphatic rings. The Morgan fingerprint density at radius 3 is 2.44 bits per heavy atom. The van der Waals surface area contributed by atoms with Crippen molar-refractivity contribution in [3.05, 3.63) is 138 Å². The van der Waals surface area contributed by atoms with Gasteiger partial charge in [0.2, 0.25) is 11.5 Å². The predicted molar refractivity (Wildman–Crippen MR) is 183 cm³/mol. The van der Waals surface area contributed by atoms with Crippen LogP contribution in [0.25, 0.3) is 6.08 Å². The molecule has 2 atom stereocenters. The third kappa shape index (κ3) is 7.04. The number of fused-ring (bicyclic) bond motifs is 1. The predicted octanol–water partition coefficient (Wildman–Crippen LogP) is 4.12. The highest BCUT2D eigenvalue weighted by molar-refractivity contribution is 8.00. The molecule has 1 unspecified atom stereocenters. The molecule has 12 nitrogen and oxygen atoms in total. The Morgan fingerprint density at radius 2 is 1.81 bits per heavy atom. The number of anilines is 1. The lowest BCUT2D eigenvalue weighted by molar-refractivity contribution is -0.154. The van der Waals surface area contributed by atoms with E-state index in [-0.39, 0.29) is 29.0 Å². The molecule has 0 saturated carbocycles. The molecule has 0 bridgehead atoms. The molecule has 0 radical (unpaired) electrons. The van der Waals surface area contributed by atoms with Crippen LogP contribution in [0, 0.1) is 0 Å². The van der Waals surface area contributed by atoms with Crippen molar-refractivity contribution in [3.63, 3.8) is 0 Å². The molecule has 0 aliphatic carbocycles. The summed E-state index contributed by atoms with van der Waals surface area (Å²) < 4.78 is 10.3. The minimum absolute atomic E-state index is 0.0313. The molecule has 48 heavy (non-hydrogen) atoms. The number of hydrogen-bond acceptors (Lipinski definition) is 12. The Labute approximate surface area is 284 Å². The summed E-state index contributed by atoms with van der Waals surface area (Å²) in [4.78, 5) is 56.1. The number of allylic oxidation sites excluding steroid dienone is 1. The smallest absolute Gasteiger partial charge is 0.356 e. The molecule has 2 amide bonds. The number of pyridine rings is 1.